The van der Waals surface area contributed by atoms with Gasteiger partial charge in [-0.1, -0.05) is 11.6 Å². The molecule has 0 saturated heterocycles. The zero-order valence-electron chi connectivity index (χ0n) is 12.6. The second-order valence-corrected chi connectivity index (χ2v) is 5.29. The summed E-state index contributed by atoms with van der Waals surface area (Å²) in [5.41, 5.74) is 2.84. The largest absolute Gasteiger partial charge is 0.478 e. The number of carboxylic acids is 1. The highest BCUT2D eigenvalue weighted by Gasteiger charge is 2.12. The monoisotopic (exact) mass is 358 g/mol. The third kappa shape index (κ3) is 3.78. The van der Waals surface area contributed by atoms with Crippen LogP contribution in [-0.2, 0) is 0 Å². The molecule has 8 heteroatoms. The van der Waals surface area contributed by atoms with Gasteiger partial charge in [-0.2, -0.15) is 5.10 Å². The number of nitrogens with one attached hydrogen (secondary N) is 1. The fourth-order valence-electron chi connectivity index (χ4n) is 2.04. The molecule has 3 rings (SSSR count). The van der Waals surface area contributed by atoms with E-state index < -0.39 is 11.9 Å². The lowest BCUT2D eigenvalue weighted by Crippen LogP contribution is -2.16. The zero-order valence-corrected chi connectivity index (χ0v) is 13.4. The maximum absolute atomic E-state index is 11.6. The first kappa shape index (κ1) is 16.5. The van der Waals surface area contributed by atoms with Gasteiger partial charge < -0.3 is 13.9 Å². The third-order valence-corrected chi connectivity index (χ3v) is 3.54. The first-order valence-electron chi connectivity index (χ1n) is 7.04. The van der Waals surface area contributed by atoms with E-state index in [-0.39, 0.29) is 16.3 Å². The summed E-state index contributed by atoms with van der Waals surface area (Å²) in [5.74, 6) is -0.656. The van der Waals surface area contributed by atoms with Gasteiger partial charge in [-0.25, -0.2) is 10.2 Å². The molecule has 3 aromatic rings. The predicted molar refractivity (Wildman–Crippen MR) is 89.9 cm³/mol. The Morgan fingerprint density at radius 3 is 2.76 bits per heavy atom. The van der Waals surface area contributed by atoms with Crippen LogP contribution in [0.4, 0.5) is 0 Å². The smallest absolute Gasteiger partial charge is 0.337 e. The fraction of sp³-hybridized carbons (Fsp3) is 0. The Balaban J connectivity index is 1.72. The molecule has 0 aliphatic rings. The van der Waals surface area contributed by atoms with Gasteiger partial charge in [0, 0.05) is 5.56 Å². The number of furan rings is 2. The molecular weight excluding hydrogens is 348 g/mol. The highest BCUT2D eigenvalue weighted by Crippen LogP contribution is 2.26. The van der Waals surface area contributed by atoms with Gasteiger partial charge in [0.25, 0.3) is 0 Å². The van der Waals surface area contributed by atoms with Crippen molar-refractivity contribution in [1.29, 1.82) is 0 Å². The Bertz CT molecular complexity index is 944. The number of carboxylic acid groups (broad SMARTS) is 1. The molecule has 1 amide bonds. The Morgan fingerprint density at radius 1 is 1.20 bits per heavy atom. The van der Waals surface area contributed by atoms with Crippen LogP contribution in [-0.4, -0.2) is 23.2 Å². The molecule has 0 fully saturated rings. The number of halogens is 1. The molecule has 2 aromatic heterocycles. The number of hydrogen-bond donors (Lipinski definition) is 2. The van der Waals surface area contributed by atoms with Crippen LogP contribution in [0.15, 0.2) is 62.7 Å². The van der Waals surface area contributed by atoms with Gasteiger partial charge in [-0.3, -0.25) is 4.79 Å². The number of rotatable bonds is 5. The van der Waals surface area contributed by atoms with Gasteiger partial charge >= 0.3 is 11.9 Å². The molecule has 0 radical (unpaired) electrons. The van der Waals surface area contributed by atoms with Crippen LogP contribution in [0, 0.1) is 0 Å². The van der Waals surface area contributed by atoms with Crippen LogP contribution in [0.1, 0.15) is 26.7 Å². The number of benzene rings is 1. The molecule has 0 saturated carbocycles. The van der Waals surface area contributed by atoms with Gasteiger partial charge in [0.05, 0.1) is 23.1 Å². The maximum Gasteiger partial charge on any atom is 0.337 e. The van der Waals surface area contributed by atoms with Crippen molar-refractivity contribution in [2.75, 3.05) is 0 Å². The van der Waals surface area contributed by atoms with Crippen LogP contribution in [0.2, 0.25) is 5.02 Å². The summed E-state index contributed by atoms with van der Waals surface area (Å²) in [6, 6.07) is 10.9. The van der Waals surface area contributed by atoms with E-state index in [4.69, 9.17) is 25.5 Å². The molecule has 0 bridgehead atoms. The van der Waals surface area contributed by atoms with E-state index in [1.807, 2.05) is 0 Å². The Kier molecular flexibility index (Phi) is 4.67. The van der Waals surface area contributed by atoms with Gasteiger partial charge in [0.15, 0.2) is 5.76 Å². The highest BCUT2D eigenvalue weighted by molar-refractivity contribution is 6.33. The summed E-state index contributed by atoms with van der Waals surface area (Å²) in [4.78, 5) is 22.8. The third-order valence-electron chi connectivity index (χ3n) is 3.21. The standard InChI is InChI=1S/C17H11ClN2O5/c18-13-5-3-10(8-12(13)17(22)23)14-6-4-11(25-14)9-19-20-16(21)15-2-1-7-24-15/h1-9H,(H,20,21)(H,22,23)/b19-9-. The Hall–Kier alpha value is -3.32. The topological polar surface area (TPSA) is 105 Å². The lowest BCUT2D eigenvalue weighted by molar-refractivity contribution is 0.0697. The number of carbonyl (C=O) groups is 2. The number of amides is 1. The molecule has 0 aliphatic heterocycles. The van der Waals surface area contributed by atoms with Crippen LogP contribution < -0.4 is 5.43 Å². The first-order valence-corrected chi connectivity index (χ1v) is 7.42. The van der Waals surface area contributed by atoms with E-state index in [1.165, 1.54) is 30.7 Å². The average molecular weight is 359 g/mol. The van der Waals surface area contributed by atoms with Gasteiger partial charge in [0.1, 0.15) is 11.5 Å². The van der Waals surface area contributed by atoms with Crippen LogP contribution >= 0.6 is 11.6 Å². The van der Waals surface area contributed by atoms with Crippen LogP contribution in [0.25, 0.3) is 11.3 Å². The normalized spacial score (nSPS) is 10.9. The van der Waals surface area contributed by atoms with Crippen LogP contribution in [0.5, 0.6) is 0 Å². The lowest BCUT2D eigenvalue weighted by atomic mass is 10.1. The van der Waals surface area contributed by atoms with Gasteiger partial charge in [-0.15, -0.1) is 0 Å². The molecule has 2 heterocycles. The Labute approximate surface area is 146 Å². The van der Waals surface area contributed by atoms with Crippen molar-refractivity contribution in [3.63, 3.8) is 0 Å². The average Bonchev–Trinajstić information content (AvgIpc) is 3.27. The molecule has 25 heavy (non-hydrogen) atoms. The molecule has 1 aromatic carbocycles. The maximum atomic E-state index is 11.6. The van der Waals surface area contributed by atoms with Crippen molar-refractivity contribution in [2.45, 2.75) is 0 Å². The van der Waals surface area contributed by atoms with E-state index in [9.17, 15) is 9.59 Å². The molecule has 0 aliphatic carbocycles. The first-order chi connectivity index (χ1) is 12.0. The summed E-state index contributed by atoms with van der Waals surface area (Å²) in [6.45, 7) is 0. The summed E-state index contributed by atoms with van der Waals surface area (Å²) >= 11 is 5.84. The molecule has 0 unspecified atom stereocenters. The minimum atomic E-state index is -1.12. The van der Waals surface area contributed by atoms with E-state index >= 15 is 0 Å². The van der Waals surface area contributed by atoms with Gasteiger partial charge in [0.2, 0.25) is 0 Å². The Morgan fingerprint density at radius 2 is 2.04 bits per heavy atom. The van der Waals surface area contributed by atoms with E-state index in [0.717, 1.165) is 0 Å². The number of aromatic carboxylic acids is 1. The zero-order chi connectivity index (χ0) is 17.8. The molecular formula is C17H11ClN2O5. The molecule has 126 valence electrons. The lowest BCUT2D eigenvalue weighted by Gasteiger charge is -2.01. The molecule has 2 N–H and O–H groups in total. The second-order valence-electron chi connectivity index (χ2n) is 4.88. The van der Waals surface area contributed by atoms with Crippen molar-refractivity contribution in [3.05, 3.63) is 70.8 Å². The number of nitrogens with zero attached hydrogens (tertiary/aromatic N) is 1. The van der Waals surface area contributed by atoms with Crippen molar-refractivity contribution in [1.82, 2.24) is 5.43 Å². The van der Waals surface area contributed by atoms with E-state index in [1.54, 1.807) is 24.3 Å². The minimum absolute atomic E-state index is 0.0171. The van der Waals surface area contributed by atoms with Crippen molar-refractivity contribution < 1.29 is 23.5 Å². The predicted octanol–water partition coefficient (Wildman–Crippen LogP) is 3.66. The fourth-order valence-corrected chi connectivity index (χ4v) is 2.24. The number of hydrazone groups is 1. The molecule has 7 nitrogen and oxygen atoms in total. The van der Waals surface area contributed by atoms with E-state index in [2.05, 4.69) is 10.5 Å². The van der Waals surface area contributed by atoms with Crippen molar-refractivity contribution in [2.24, 2.45) is 5.10 Å². The number of hydrogen-bond acceptors (Lipinski definition) is 5. The minimum Gasteiger partial charge on any atom is -0.478 e. The van der Waals surface area contributed by atoms with Crippen LogP contribution in [0.3, 0.4) is 0 Å². The van der Waals surface area contributed by atoms with Gasteiger partial charge in [-0.05, 0) is 42.5 Å². The second kappa shape index (κ2) is 7.06. The quantitative estimate of drug-likeness (QED) is 0.535. The van der Waals surface area contributed by atoms with Crippen molar-refractivity contribution >= 4 is 29.7 Å². The van der Waals surface area contributed by atoms with E-state index in [0.29, 0.717) is 17.1 Å². The summed E-state index contributed by atoms with van der Waals surface area (Å²) < 4.78 is 10.5. The highest BCUT2D eigenvalue weighted by atomic mass is 35.5. The summed E-state index contributed by atoms with van der Waals surface area (Å²) in [7, 11) is 0. The molecule has 0 spiro atoms. The SMILES string of the molecule is O=C(N/N=C\c1ccc(-c2ccc(Cl)c(C(=O)O)c2)o1)c1ccco1. The summed E-state index contributed by atoms with van der Waals surface area (Å²) in [6.07, 6.45) is 2.70. The summed E-state index contributed by atoms with van der Waals surface area (Å²) in [5, 5.41) is 13.0. The number of carbonyl (C=O) groups excluding carboxylic acids is 1. The van der Waals surface area contributed by atoms with Crippen molar-refractivity contribution in [3.8, 4) is 11.3 Å². The molecule has 0 atom stereocenters.